The fraction of sp³-hybridized carbons (Fsp3) is 0.650. The van der Waals surface area contributed by atoms with Crippen molar-refractivity contribution in [3.63, 3.8) is 0 Å². The lowest BCUT2D eigenvalue weighted by atomic mass is 10.2. The number of rotatable bonds is 8. The molecule has 26 heavy (non-hydrogen) atoms. The Bertz CT molecular complexity index is 564. The fourth-order valence-electron chi connectivity index (χ4n) is 3.19. The van der Waals surface area contributed by atoms with Crippen molar-refractivity contribution in [3.05, 3.63) is 29.8 Å². The normalized spacial score (nSPS) is 19.8. The zero-order valence-corrected chi connectivity index (χ0v) is 16.6. The Morgan fingerprint density at radius 2 is 2.15 bits per heavy atom. The Balaban J connectivity index is 1.94. The van der Waals surface area contributed by atoms with E-state index in [0.29, 0.717) is 25.2 Å². The molecule has 2 atom stereocenters. The van der Waals surface area contributed by atoms with Crippen molar-refractivity contribution in [2.24, 2.45) is 4.99 Å². The molecule has 1 saturated heterocycles. The standard InChI is InChI=1S/C20H34N4O2/c1-5-21-20(22-13-16(3)24-11-12-25-15-17(24)4)23-14-18-9-7-8-10-19(18)26-6-2/h7-10,16-17H,5-6,11-15H2,1-4H3,(H2,21,22,23). The van der Waals surface area contributed by atoms with Gasteiger partial charge in [-0.15, -0.1) is 0 Å². The van der Waals surface area contributed by atoms with Crippen molar-refractivity contribution in [1.29, 1.82) is 0 Å². The molecular weight excluding hydrogens is 328 g/mol. The summed E-state index contributed by atoms with van der Waals surface area (Å²) in [6.07, 6.45) is 0. The average Bonchev–Trinajstić information content (AvgIpc) is 2.65. The summed E-state index contributed by atoms with van der Waals surface area (Å²) >= 11 is 0. The fourth-order valence-corrected chi connectivity index (χ4v) is 3.19. The lowest BCUT2D eigenvalue weighted by Crippen LogP contribution is -2.53. The summed E-state index contributed by atoms with van der Waals surface area (Å²) in [4.78, 5) is 7.22. The number of guanidine groups is 1. The number of morpholine rings is 1. The molecule has 0 aromatic heterocycles. The molecule has 0 bridgehead atoms. The number of benzene rings is 1. The molecule has 1 heterocycles. The zero-order chi connectivity index (χ0) is 18.8. The van der Waals surface area contributed by atoms with Crippen LogP contribution < -0.4 is 15.4 Å². The van der Waals surface area contributed by atoms with Gasteiger partial charge >= 0.3 is 0 Å². The number of nitrogens with one attached hydrogen (secondary N) is 2. The molecule has 2 rings (SSSR count). The number of ether oxygens (including phenoxy) is 2. The highest BCUT2D eigenvalue weighted by atomic mass is 16.5. The van der Waals surface area contributed by atoms with Crippen LogP contribution in [0.5, 0.6) is 5.75 Å². The molecule has 1 aliphatic rings. The van der Waals surface area contributed by atoms with Gasteiger partial charge in [-0.05, 0) is 33.8 Å². The summed E-state index contributed by atoms with van der Waals surface area (Å²) < 4.78 is 11.2. The van der Waals surface area contributed by atoms with Crippen LogP contribution in [0.3, 0.4) is 0 Å². The molecule has 2 unspecified atom stereocenters. The maximum atomic E-state index is 5.69. The Hall–Kier alpha value is -1.79. The topological polar surface area (TPSA) is 58.1 Å². The Labute approximate surface area is 158 Å². The van der Waals surface area contributed by atoms with Gasteiger partial charge in [0.15, 0.2) is 5.96 Å². The summed E-state index contributed by atoms with van der Waals surface area (Å²) in [5.74, 6) is 1.75. The van der Waals surface area contributed by atoms with Crippen molar-refractivity contribution in [2.45, 2.75) is 46.3 Å². The quantitative estimate of drug-likeness (QED) is 0.549. The maximum absolute atomic E-state index is 5.69. The number of aliphatic imine (C=N–C) groups is 1. The van der Waals surface area contributed by atoms with E-state index in [-0.39, 0.29) is 0 Å². The van der Waals surface area contributed by atoms with Crippen molar-refractivity contribution >= 4 is 5.96 Å². The van der Waals surface area contributed by atoms with E-state index in [1.807, 2.05) is 25.1 Å². The molecular formula is C20H34N4O2. The van der Waals surface area contributed by atoms with E-state index in [1.165, 1.54) is 0 Å². The highest BCUT2D eigenvalue weighted by Crippen LogP contribution is 2.18. The molecule has 6 heteroatoms. The average molecular weight is 363 g/mol. The summed E-state index contributed by atoms with van der Waals surface area (Å²) in [6.45, 7) is 14.1. The van der Waals surface area contributed by atoms with Gasteiger partial charge in [0, 0.05) is 37.3 Å². The smallest absolute Gasteiger partial charge is 0.191 e. The molecule has 0 saturated carbocycles. The Kier molecular flexibility index (Phi) is 8.71. The lowest BCUT2D eigenvalue weighted by Gasteiger charge is -2.38. The molecule has 0 amide bonds. The summed E-state index contributed by atoms with van der Waals surface area (Å²) in [6, 6.07) is 8.96. The van der Waals surface area contributed by atoms with Crippen LogP contribution in [0.2, 0.25) is 0 Å². The van der Waals surface area contributed by atoms with Gasteiger partial charge in [-0.3, -0.25) is 4.90 Å². The van der Waals surface area contributed by atoms with Crippen LogP contribution in [0.1, 0.15) is 33.3 Å². The first-order chi connectivity index (χ1) is 12.7. The van der Waals surface area contributed by atoms with Gasteiger partial charge in [-0.2, -0.15) is 0 Å². The molecule has 2 N–H and O–H groups in total. The second-order valence-electron chi connectivity index (χ2n) is 6.63. The van der Waals surface area contributed by atoms with E-state index in [1.54, 1.807) is 0 Å². The lowest BCUT2D eigenvalue weighted by molar-refractivity contribution is -0.0174. The third-order valence-corrected chi connectivity index (χ3v) is 4.57. The molecule has 1 fully saturated rings. The first kappa shape index (κ1) is 20.5. The minimum absolute atomic E-state index is 0.425. The third kappa shape index (κ3) is 6.18. The predicted molar refractivity (Wildman–Crippen MR) is 107 cm³/mol. The van der Waals surface area contributed by atoms with E-state index in [4.69, 9.17) is 14.5 Å². The van der Waals surface area contributed by atoms with Gasteiger partial charge in [0.05, 0.1) is 26.4 Å². The van der Waals surface area contributed by atoms with Crippen LogP contribution in [0, 0.1) is 0 Å². The molecule has 6 nitrogen and oxygen atoms in total. The Morgan fingerprint density at radius 1 is 1.35 bits per heavy atom. The first-order valence-electron chi connectivity index (χ1n) is 9.72. The van der Waals surface area contributed by atoms with Crippen LogP contribution in [0.15, 0.2) is 29.3 Å². The van der Waals surface area contributed by atoms with E-state index in [0.717, 1.165) is 50.1 Å². The van der Waals surface area contributed by atoms with Gasteiger partial charge in [0.25, 0.3) is 0 Å². The van der Waals surface area contributed by atoms with Crippen LogP contribution in [0.25, 0.3) is 0 Å². The minimum Gasteiger partial charge on any atom is -0.494 e. The number of hydrogen-bond donors (Lipinski definition) is 2. The third-order valence-electron chi connectivity index (χ3n) is 4.57. The molecule has 0 radical (unpaired) electrons. The van der Waals surface area contributed by atoms with Crippen LogP contribution in [-0.4, -0.2) is 62.4 Å². The summed E-state index contributed by atoms with van der Waals surface area (Å²) in [5.41, 5.74) is 1.10. The highest BCUT2D eigenvalue weighted by molar-refractivity contribution is 5.79. The SMILES string of the molecule is CCNC(=NCc1ccccc1OCC)NCC(C)N1CCOCC1C. The zero-order valence-electron chi connectivity index (χ0n) is 16.6. The van der Waals surface area contributed by atoms with Crippen LogP contribution >= 0.6 is 0 Å². The van der Waals surface area contributed by atoms with E-state index in [9.17, 15) is 0 Å². The van der Waals surface area contributed by atoms with E-state index < -0.39 is 0 Å². The molecule has 1 aliphatic heterocycles. The predicted octanol–water partition coefficient (Wildman–Crippen LogP) is 2.25. The summed E-state index contributed by atoms with van der Waals surface area (Å²) in [5, 5.41) is 6.80. The number of nitrogens with zero attached hydrogens (tertiary/aromatic N) is 2. The van der Waals surface area contributed by atoms with E-state index in [2.05, 4.69) is 42.4 Å². The van der Waals surface area contributed by atoms with Crippen molar-refractivity contribution in [2.75, 3.05) is 39.5 Å². The minimum atomic E-state index is 0.425. The van der Waals surface area contributed by atoms with E-state index >= 15 is 0 Å². The van der Waals surface area contributed by atoms with Crippen LogP contribution in [0.4, 0.5) is 0 Å². The van der Waals surface area contributed by atoms with Crippen molar-refractivity contribution < 1.29 is 9.47 Å². The largest absolute Gasteiger partial charge is 0.494 e. The molecule has 1 aromatic carbocycles. The van der Waals surface area contributed by atoms with Crippen molar-refractivity contribution in [3.8, 4) is 5.75 Å². The van der Waals surface area contributed by atoms with Gasteiger partial charge in [0.1, 0.15) is 5.75 Å². The number of para-hydroxylation sites is 1. The van der Waals surface area contributed by atoms with Gasteiger partial charge in [0.2, 0.25) is 0 Å². The molecule has 146 valence electrons. The summed E-state index contributed by atoms with van der Waals surface area (Å²) in [7, 11) is 0. The first-order valence-corrected chi connectivity index (χ1v) is 9.72. The second kappa shape index (κ2) is 11.0. The monoisotopic (exact) mass is 362 g/mol. The van der Waals surface area contributed by atoms with Crippen molar-refractivity contribution in [1.82, 2.24) is 15.5 Å². The Morgan fingerprint density at radius 3 is 2.88 bits per heavy atom. The number of hydrogen-bond acceptors (Lipinski definition) is 4. The second-order valence-corrected chi connectivity index (χ2v) is 6.63. The van der Waals surface area contributed by atoms with Gasteiger partial charge < -0.3 is 20.1 Å². The van der Waals surface area contributed by atoms with Crippen LogP contribution in [-0.2, 0) is 11.3 Å². The molecule has 0 aliphatic carbocycles. The molecule has 1 aromatic rings. The highest BCUT2D eigenvalue weighted by Gasteiger charge is 2.23. The molecule has 0 spiro atoms. The maximum Gasteiger partial charge on any atom is 0.191 e. The van der Waals surface area contributed by atoms with Gasteiger partial charge in [-0.1, -0.05) is 18.2 Å². The van der Waals surface area contributed by atoms with Gasteiger partial charge in [-0.25, -0.2) is 4.99 Å².